The number of methoxy groups -OCH3 is 3. The lowest BCUT2D eigenvalue weighted by Gasteiger charge is -2.43. The molecule has 3 unspecified atom stereocenters. The van der Waals surface area contributed by atoms with E-state index >= 15 is 0 Å². The van der Waals surface area contributed by atoms with Crippen molar-refractivity contribution in [3.05, 3.63) is 161 Å². The van der Waals surface area contributed by atoms with Crippen molar-refractivity contribution >= 4 is 5.57 Å². The number of allylic oxidation sites excluding steroid dienone is 1. The average molecular weight is 649 g/mol. The van der Waals surface area contributed by atoms with Gasteiger partial charge in [-0.3, -0.25) is 0 Å². The number of hydrogen-bond acceptors (Lipinski definition) is 8. The van der Waals surface area contributed by atoms with Crippen molar-refractivity contribution in [2.45, 2.75) is 30.3 Å². The third kappa shape index (κ3) is 6.79. The SMILES string of the molecule is COc1ccc(C(O)(c2ccc(OC)cc2)C(O)C(O)C(O)(c2ccc(OC)cc2)c2ccc(OC=C(C)c3ccccc3)cc2)cc1. The van der Waals surface area contributed by atoms with E-state index in [9.17, 15) is 20.4 Å². The molecule has 0 radical (unpaired) electrons. The van der Waals surface area contributed by atoms with Crippen molar-refractivity contribution in [3.8, 4) is 23.0 Å². The predicted octanol–water partition coefficient (Wildman–Crippen LogP) is 6.05. The zero-order valence-electron chi connectivity index (χ0n) is 27.3. The van der Waals surface area contributed by atoms with Crippen molar-refractivity contribution in [2.24, 2.45) is 0 Å². The number of aliphatic hydroxyl groups is 4. The summed E-state index contributed by atoms with van der Waals surface area (Å²) in [6.45, 7) is 1.94. The van der Waals surface area contributed by atoms with Crippen LogP contribution < -0.4 is 18.9 Å². The second-order valence-corrected chi connectivity index (χ2v) is 11.4. The van der Waals surface area contributed by atoms with Crippen molar-refractivity contribution in [1.82, 2.24) is 0 Å². The van der Waals surface area contributed by atoms with Crippen LogP contribution in [0.5, 0.6) is 23.0 Å². The van der Waals surface area contributed by atoms with E-state index in [4.69, 9.17) is 18.9 Å². The highest BCUT2D eigenvalue weighted by Gasteiger charge is 2.52. The Labute approximate surface area is 280 Å². The molecule has 0 amide bonds. The molecule has 5 aromatic rings. The molecule has 248 valence electrons. The maximum atomic E-state index is 12.6. The van der Waals surface area contributed by atoms with E-state index < -0.39 is 23.4 Å². The van der Waals surface area contributed by atoms with Crippen LogP contribution in [-0.2, 0) is 11.2 Å². The van der Waals surface area contributed by atoms with Crippen LogP contribution in [0, 0.1) is 0 Å². The average Bonchev–Trinajstić information content (AvgIpc) is 3.16. The second kappa shape index (κ2) is 14.8. The second-order valence-electron chi connectivity index (χ2n) is 11.4. The summed E-state index contributed by atoms with van der Waals surface area (Å²) in [6, 6.07) is 35.8. The number of benzene rings is 5. The first-order valence-electron chi connectivity index (χ1n) is 15.4. The van der Waals surface area contributed by atoms with Gasteiger partial charge in [-0.15, -0.1) is 0 Å². The van der Waals surface area contributed by atoms with Crippen molar-refractivity contribution in [2.75, 3.05) is 21.3 Å². The Morgan fingerprint density at radius 3 is 1.12 bits per heavy atom. The first kappa shape index (κ1) is 34.2. The molecule has 0 aromatic heterocycles. The molecule has 0 saturated carbocycles. The quantitative estimate of drug-likeness (QED) is 0.114. The van der Waals surface area contributed by atoms with Crippen LogP contribution in [-0.4, -0.2) is 54.0 Å². The van der Waals surface area contributed by atoms with Gasteiger partial charge in [0, 0.05) is 0 Å². The number of ether oxygens (including phenoxy) is 4. The van der Waals surface area contributed by atoms with Gasteiger partial charge in [-0.05, 0) is 88.8 Å². The zero-order chi connectivity index (χ0) is 34.3. The molecule has 8 nitrogen and oxygen atoms in total. The van der Waals surface area contributed by atoms with E-state index in [-0.39, 0.29) is 22.3 Å². The highest BCUT2D eigenvalue weighted by molar-refractivity contribution is 5.62. The Morgan fingerprint density at radius 1 is 0.500 bits per heavy atom. The van der Waals surface area contributed by atoms with Gasteiger partial charge < -0.3 is 39.4 Å². The van der Waals surface area contributed by atoms with Gasteiger partial charge in [0.25, 0.3) is 0 Å². The molecular formula is C40H40O8. The van der Waals surface area contributed by atoms with Crippen LogP contribution in [0.2, 0.25) is 0 Å². The fraction of sp³-hybridized carbons (Fsp3) is 0.200. The van der Waals surface area contributed by atoms with Crippen LogP contribution in [0.4, 0.5) is 0 Å². The van der Waals surface area contributed by atoms with Gasteiger partial charge in [0.15, 0.2) is 0 Å². The molecule has 0 aliphatic carbocycles. The summed E-state index contributed by atoms with van der Waals surface area (Å²) in [5.41, 5.74) is -1.43. The molecule has 0 aliphatic heterocycles. The van der Waals surface area contributed by atoms with Crippen LogP contribution in [0.15, 0.2) is 134 Å². The normalized spacial score (nSPS) is 14.4. The fourth-order valence-electron chi connectivity index (χ4n) is 5.72. The molecule has 0 aliphatic rings. The summed E-state index contributed by atoms with van der Waals surface area (Å²) < 4.78 is 21.8. The van der Waals surface area contributed by atoms with Crippen LogP contribution in [0.25, 0.3) is 5.57 Å². The molecular weight excluding hydrogens is 608 g/mol. The molecule has 0 heterocycles. The minimum atomic E-state index is -2.22. The van der Waals surface area contributed by atoms with Crippen molar-refractivity contribution < 1.29 is 39.4 Å². The molecule has 0 spiro atoms. The van der Waals surface area contributed by atoms with Gasteiger partial charge in [0.2, 0.25) is 0 Å². The summed E-state index contributed by atoms with van der Waals surface area (Å²) in [7, 11) is 4.57. The summed E-state index contributed by atoms with van der Waals surface area (Å²) >= 11 is 0. The number of hydrogen-bond donors (Lipinski definition) is 4. The van der Waals surface area contributed by atoms with Crippen LogP contribution in [0.3, 0.4) is 0 Å². The molecule has 8 heteroatoms. The maximum absolute atomic E-state index is 12.6. The largest absolute Gasteiger partial charge is 0.497 e. The van der Waals surface area contributed by atoms with Gasteiger partial charge >= 0.3 is 0 Å². The number of rotatable bonds is 13. The molecule has 0 saturated heterocycles. The highest BCUT2D eigenvalue weighted by Crippen LogP contribution is 2.43. The molecule has 4 N–H and O–H groups in total. The first-order valence-corrected chi connectivity index (χ1v) is 15.4. The Morgan fingerprint density at radius 2 is 0.812 bits per heavy atom. The Hall–Kier alpha value is -5.12. The Bertz CT molecular complexity index is 1740. The van der Waals surface area contributed by atoms with Crippen LogP contribution >= 0.6 is 0 Å². The van der Waals surface area contributed by atoms with E-state index in [0.717, 1.165) is 11.1 Å². The minimum Gasteiger partial charge on any atom is -0.497 e. The Balaban J connectivity index is 1.57. The third-order valence-electron chi connectivity index (χ3n) is 8.64. The first-order chi connectivity index (χ1) is 23.1. The van der Waals surface area contributed by atoms with Crippen molar-refractivity contribution in [3.63, 3.8) is 0 Å². The fourth-order valence-corrected chi connectivity index (χ4v) is 5.72. The monoisotopic (exact) mass is 648 g/mol. The molecule has 5 rings (SSSR count). The predicted molar refractivity (Wildman–Crippen MR) is 184 cm³/mol. The minimum absolute atomic E-state index is 0.252. The topological polar surface area (TPSA) is 118 Å². The lowest BCUT2D eigenvalue weighted by Crippen LogP contribution is -2.56. The third-order valence-corrected chi connectivity index (χ3v) is 8.64. The summed E-state index contributed by atoms with van der Waals surface area (Å²) in [4.78, 5) is 0. The van der Waals surface area contributed by atoms with Gasteiger partial charge in [-0.2, -0.15) is 0 Å². The van der Waals surface area contributed by atoms with E-state index in [1.54, 1.807) is 103 Å². The van der Waals surface area contributed by atoms with E-state index in [1.165, 1.54) is 21.3 Å². The molecule has 0 fully saturated rings. The lowest BCUT2D eigenvalue weighted by atomic mass is 9.72. The van der Waals surface area contributed by atoms with Gasteiger partial charge in [-0.25, -0.2) is 0 Å². The molecule has 5 aromatic carbocycles. The number of aliphatic hydroxyl groups excluding tert-OH is 2. The highest BCUT2D eigenvalue weighted by atomic mass is 16.5. The van der Waals surface area contributed by atoms with Crippen molar-refractivity contribution in [1.29, 1.82) is 0 Å². The van der Waals surface area contributed by atoms with Gasteiger partial charge in [0.1, 0.15) is 46.4 Å². The van der Waals surface area contributed by atoms with E-state index in [2.05, 4.69) is 0 Å². The van der Waals surface area contributed by atoms with E-state index in [0.29, 0.717) is 23.0 Å². The zero-order valence-corrected chi connectivity index (χ0v) is 27.3. The molecule has 3 atom stereocenters. The summed E-state index contributed by atoms with van der Waals surface area (Å²) in [5.74, 6) is 2.11. The molecule has 48 heavy (non-hydrogen) atoms. The smallest absolute Gasteiger partial charge is 0.143 e. The van der Waals surface area contributed by atoms with Crippen LogP contribution in [0.1, 0.15) is 34.7 Å². The maximum Gasteiger partial charge on any atom is 0.143 e. The summed E-state index contributed by atoms with van der Waals surface area (Å²) in [6.07, 6.45) is -2.28. The van der Waals surface area contributed by atoms with E-state index in [1.807, 2.05) is 37.3 Å². The standard InChI is InChI=1S/C40H40O8/c1-27(28-8-6-5-7-9-28)26-48-36-24-16-32(17-25-36)40(44,31-14-22-35(47-4)23-15-31)38(42)37(41)39(43,29-10-18-33(45-2)19-11-29)30-12-20-34(46-3)21-13-30/h5-26,37-38,41-44H,1-4H3. The lowest BCUT2D eigenvalue weighted by molar-refractivity contribution is -0.167. The molecule has 0 bridgehead atoms. The van der Waals surface area contributed by atoms with Gasteiger partial charge in [-0.1, -0.05) is 78.9 Å². The summed E-state index contributed by atoms with van der Waals surface area (Å²) in [5, 5.41) is 49.3. The Kier molecular flexibility index (Phi) is 10.5. The van der Waals surface area contributed by atoms with Gasteiger partial charge in [0.05, 0.1) is 27.6 Å².